The van der Waals surface area contributed by atoms with Crippen molar-refractivity contribution in [1.29, 1.82) is 0 Å². The van der Waals surface area contributed by atoms with Crippen molar-refractivity contribution in [3.63, 3.8) is 0 Å². The third-order valence-electron chi connectivity index (χ3n) is 3.41. The Morgan fingerprint density at radius 2 is 1.90 bits per heavy atom. The highest BCUT2D eigenvalue weighted by Gasteiger charge is 2.17. The standard InChI is InChI=1S/C15H12ClN3O2/c1-8-13(16)9(2)19(18-8)14-11-6-4-3-5-10(11)12(7-17-14)15(20)21/h3-7H,1-2H3,(H,20,21). The molecule has 3 rings (SSSR count). The average Bonchev–Trinajstić information content (AvgIpc) is 2.73. The number of carboxylic acid groups (broad SMARTS) is 1. The number of aryl methyl sites for hydroxylation is 1. The van der Waals surface area contributed by atoms with Crippen LogP contribution in [-0.2, 0) is 0 Å². The third kappa shape index (κ3) is 2.06. The molecule has 3 aromatic rings. The maximum Gasteiger partial charge on any atom is 0.337 e. The molecular formula is C15H12ClN3O2. The lowest BCUT2D eigenvalue weighted by atomic mass is 10.1. The molecule has 2 aromatic heterocycles. The average molecular weight is 302 g/mol. The number of pyridine rings is 1. The molecule has 0 bridgehead atoms. The van der Waals surface area contributed by atoms with Gasteiger partial charge in [0.05, 0.1) is 22.0 Å². The van der Waals surface area contributed by atoms with Gasteiger partial charge in [-0.25, -0.2) is 14.5 Å². The molecule has 0 amide bonds. The van der Waals surface area contributed by atoms with Gasteiger partial charge in [-0.3, -0.25) is 0 Å². The Morgan fingerprint density at radius 1 is 1.24 bits per heavy atom. The van der Waals surface area contributed by atoms with E-state index in [1.165, 1.54) is 6.20 Å². The maximum absolute atomic E-state index is 11.3. The molecule has 5 nitrogen and oxygen atoms in total. The second-order valence-electron chi connectivity index (χ2n) is 4.74. The van der Waals surface area contributed by atoms with E-state index in [1.54, 1.807) is 16.8 Å². The smallest absolute Gasteiger partial charge is 0.337 e. The fraction of sp³-hybridized carbons (Fsp3) is 0.133. The minimum absolute atomic E-state index is 0.168. The van der Waals surface area contributed by atoms with Crippen molar-refractivity contribution in [2.24, 2.45) is 0 Å². The topological polar surface area (TPSA) is 68.0 Å². The Labute approximate surface area is 125 Å². The van der Waals surface area contributed by atoms with Crippen molar-refractivity contribution in [3.8, 4) is 5.82 Å². The van der Waals surface area contributed by atoms with Gasteiger partial charge in [-0.15, -0.1) is 0 Å². The molecule has 106 valence electrons. The third-order valence-corrected chi connectivity index (χ3v) is 3.96. The first-order chi connectivity index (χ1) is 10.0. The van der Waals surface area contributed by atoms with E-state index in [0.717, 1.165) is 11.1 Å². The van der Waals surface area contributed by atoms with E-state index < -0.39 is 5.97 Å². The van der Waals surface area contributed by atoms with Gasteiger partial charge in [-0.2, -0.15) is 5.10 Å². The molecule has 6 heteroatoms. The van der Waals surface area contributed by atoms with Gasteiger partial charge in [0, 0.05) is 17.0 Å². The lowest BCUT2D eigenvalue weighted by Crippen LogP contribution is -2.06. The van der Waals surface area contributed by atoms with Crippen molar-refractivity contribution in [2.75, 3.05) is 0 Å². The van der Waals surface area contributed by atoms with E-state index in [9.17, 15) is 9.90 Å². The molecule has 0 spiro atoms. The molecule has 0 aliphatic carbocycles. The molecule has 1 aromatic carbocycles. The van der Waals surface area contributed by atoms with E-state index in [0.29, 0.717) is 21.9 Å². The SMILES string of the molecule is Cc1nn(-c2ncc(C(=O)O)c3ccccc23)c(C)c1Cl. The minimum atomic E-state index is -1.00. The minimum Gasteiger partial charge on any atom is -0.478 e. The Morgan fingerprint density at radius 3 is 2.48 bits per heavy atom. The molecule has 0 unspecified atom stereocenters. The summed E-state index contributed by atoms with van der Waals surface area (Å²) < 4.78 is 1.64. The largest absolute Gasteiger partial charge is 0.478 e. The first kappa shape index (κ1) is 13.6. The van der Waals surface area contributed by atoms with Crippen molar-refractivity contribution < 1.29 is 9.90 Å². The van der Waals surface area contributed by atoms with Crippen LogP contribution < -0.4 is 0 Å². The Balaban J connectivity index is 2.37. The molecule has 2 heterocycles. The van der Waals surface area contributed by atoms with Gasteiger partial charge in [0.25, 0.3) is 0 Å². The summed E-state index contributed by atoms with van der Waals surface area (Å²) in [5, 5.41) is 15.6. The lowest BCUT2D eigenvalue weighted by Gasteiger charge is -2.09. The summed E-state index contributed by atoms with van der Waals surface area (Å²) in [5.74, 6) is -0.431. The van der Waals surface area contributed by atoms with E-state index in [2.05, 4.69) is 10.1 Å². The Kier molecular flexibility index (Phi) is 3.14. The zero-order valence-corrected chi connectivity index (χ0v) is 12.2. The van der Waals surface area contributed by atoms with E-state index in [4.69, 9.17) is 11.6 Å². The number of hydrogen-bond donors (Lipinski definition) is 1. The summed E-state index contributed by atoms with van der Waals surface area (Å²) in [4.78, 5) is 15.6. The normalized spacial score (nSPS) is 11.0. The molecule has 0 aliphatic rings. The molecular weight excluding hydrogens is 290 g/mol. The number of aromatic nitrogens is 3. The number of aromatic carboxylic acids is 1. The first-order valence-corrected chi connectivity index (χ1v) is 6.71. The lowest BCUT2D eigenvalue weighted by molar-refractivity contribution is 0.0698. The molecule has 21 heavy (non-hydrogen) atoms. The van der Waals surface area contributed by atoms with E-state index in [-0.39, 0.29) is 5.56 Å². The molecule has 0 radical (unpaired) electrons. The zero-order chi connectivity index (χ0) is 15.1. The van der Waals surface area contributed by atoms with Crippen LogP contribution in [0, 0.1) is 13.8 Å². The summed E-state index contributed by atoms with van der Waals surface area (Å²) in [5.41, 5.74) is 1.65. The van der Waals surface area contributed by atoms with Gasteiger partial charge in [0.15, 0.2) is 5.82 Å². The zero-order valence-electron chi connectivity index (χ0n) is 11.5. The van der Waals surface area contributed by atoms with Crippen LogP contribution in [0.1, 0.15) is 21.7 Å². The predicted octanol–water partition coefficient (Wildman–Crippen LogP) is 3.39. The number of nitrogens with zero attached hydrogens (tertiary/aromatic N) is 3. The van der Waals surface area contributed by atoms with Gasteiger partial charge in [-0.1, -0.05) is 35.9 Å². The van der Waals surface area contributed by atoms with Crippen LogP contribution in [0.4, 0.5) is 0 Å². The highest BCUT2D eigenvalue weighted by molar-refractivity contribution is 6.31. The molecule has 0 saturated heterocycles. The van der Waals surface area contributed by atoms with Crippen LogP contribution >= 0.6 is 11.6 Å². The highest BCUT2D eigenvalue weighted by atomic mass is 35.5. The predicted molar refractivity (Wildman–Crippen MR) is 80.3 cm³/mol. The Hall–Kier alpha value is -2.40. The van der Waals surface area contributed by atoms with Gasteiger partial charge in [0.2, 0.25) is 0 Å². The highest BCUT2D eigenvalue weighted by Crippen LogP contribution is 2.27. The maximum atomic E-state index is 11.3. The van der Waals surface area contributed by atoms with E-state index >= 15 is 0 Å². The summed E-state index contributed by atoms with van der Waals surface area (Å²) in [6.45, 7) is 3.67. The van der Waals surface area contributed by atoms with Crippen LogP contribution in [0.15, 0.2) is 30.5 Å². The summed E-state index contributed by atoms with van der Waals surface area (Å²) in [6, 6.07) is 7.23. The summed E-state index contributed by atoms with van der Waals surface area (Å²) >= 11 is 6.18. The number of fused-ring (bicyclic) bond motifs is 1. The Bertz CT molecular complexity index is 871. The van der Waals surface area contributed by atoms with Crippen molar-refractivity contribution in [3.05, 3.63) is 52.4 Å². The summed E-state index contributed by atoms with van der Waals surface area (Å²) in [6.07, 6.45) is 1.35. The summed E-state index contributed by atoms with van der Waals surface area (Å²) in [7, 11) is 0. The number of hydrogen-bond acceptors (Lipinski definition) is 3. The van der Waals surface area contributed by atoms with Gasteiger partial charge < -0.3 is 5.11 Å². The number of rotatable bonds is 2. The molecule has 1 N–H and O–H groups in total. The van der Waals surface area contributed by atoms with Crippen LogP contribution in [-0.4, -0.2) is 25.8 Å². The van der Waals surface area contributed by atoms with Crippen molar-refractivity contribution in [1.82, 2.24) is 14.8 Å². The molecule has 0 atom stereocenters. The second kappa shape index (κ2) is 4.86. The molecule has 0 aliphatic heterocycles. The fourth-order valence-corrected chi connectivity index (χ4v) is 2.46. The number of carbonyl (C=O) groups is 1. The van der Waals surface area contributed by atoms with Crippen LogP contribution in [0.3, 0.4) is 0 Å². The number of halogens is 1. The van der Waals surface area contributed by atoms with Gasteiger partial charge in [0.1, 0.15) is 0 Å². The monoisotopic (exact) mass is 301 g/mol. The van der Waals surface area contributed by atoms with Crippen molar-refractivity contribution >= 4 is 28.3 Å². The van der Waals surface area contributed by atoms with Crippen LogP contribution in [0.5, 0.6) is 0 Å². The van der Waals surface area contributed by atoms with E-state index in [1.807, 2.05) is 26.0 Å². The van der Waals surface area contributed by atoms with Gasteiger partial charge in [-0.05, 0) is 13.8 Å². The van der Waals surface area contributed by atoms with Crippen molar-refractivity contribution in [2.45, 2.75) is 13.8 Å². The first-order valence-electron chi connectivity index (χ1n) is 6.34. The second-order valence-corrected chi connectivity index (χ2v) is 5.12. The quantitative estimate of drug-likeness (QED) is 0.788. The number of benzene rings is 1. The van der Waals surface area contributed by atoms with Crippen LogP contribution in [0.2, 0.25) is 5.02 Å². The number of carboxylic acids is 1. The molecule has 0 saturated carbocycles. The van der Waals surface area contributed by atoms with Gasteiger partial charge >= 0.3 is 5.97 Å². The van der Waals surface area contributed by atoms with Crippen LogP contribution in [0.25, 0.3) is 16.6 Å². The fourth-order valence-electron chi connectivity index (χ4n) is 2.35. The molecule has 0 fully saturated rings.